The predicted octanol–water partition coefficient (Wildman–Crippen LogP) is -1.61. The van der Waals surface area contributed by atoms with Gasteiger partial charge in [-0.25, -0.2) is 4.99 Å². The van der Waals surface area contributed by atoms with E-state index in [1.54, 1.807) is 7.05 Å². The minimum atomic E-state index is -1.08. The molecule has 0 atom stereocenters. The van der Waals surface area contributed by atoms with Crippen molar-refractivity contribution in [2.24, 2.45) is 10.7 Å². The summed E-state index contributed by atoms with van der Waals surface area (Å²) in [6.45, 7) is 0.972. The predicted molar refractivity (Wildman–Crippen MR) is 46.3 cm³/mol. The summed E-state index contributed by atoms with van der Waals surface area (Å²) in [6, 6.07) is 0. The first-order valence-electron chi connectivity index (χ1n) is 3.43. The van der Waals surface area contributed by atoms with Crippen LogP contribution in [0.15, 0.2) is 4.99 Å². The lowest BCUT2D eigenvalue weighted by atomic mass is 10.7. The first-order valence-corrected chi connectivity index (χ1v) is 3.43. The van der Waals surface area contributed by atoms with Crippen molar-refractivity contribution in [1.82, 2.24) is 0 Å². The second-order valence-corrected chi connectivity index (χ2v) is 3.09. The van der Waals surface area contributed by atoms with Crippen LogP contribution in [0.2, 0.25) is 0 Å². The maximum Gasteiger partial charge on any atom is 0.294 e. The molecule has 0 aromatic heterocycles. The first-order chi connectivity index (χ1) is 5.21. The van der Waals surface area contributed by atoms with Gasteiger partial charge in [0.25, 0.3) is 5.96 Å². The van der Waals surface area contributed by atoms with Crippen LogP contribution in [0.3, 0.4) is 0 Å². The Bertz CT molecular complexity index is 166. The number of carboxylic acid groups (broad SMARTS) is 1. The monoisotopic (exact) mass is 175 g/mol. The number of carbonyl (C=O) groups excluding carboxylic acids is 1. The third kappa shape index (κ3) is 11.7. The molecule has 0 bridgehead atoms. The van der Waals surface area contributed by atoms with E-state index in [2.05, 4.69) is 4.99 Å². The largest absolute Gasteiger partial charge is 0.550 e. The molecule has 2 N–H and O–H groups in total. The highest BCUT2D eigenvalue weighted by Gasteiger charge is 2.10. The molecule has 0 heterocycles. The lowest BCUT2D eigenvalue weighted by molar-refractivity contribution is -0.778. The number of hydrogen-bond acceptors (Lipinski definition) is 3. The fourth-order valence-electron chi connectivity index (χ4n) is 0.300. The number of hydrogen-bond donors (Lipinski definition) is 1. The van der Waals surface area contributed by atoms with Gasteiger partial charge in [-0.05, 0) is 6.92 Å². The SMILES string of the molecule is CC(=O)[O-].CN=C(N)[N+](C)(C)C. The number of carbonyl (C=O) groups is 1. The third-order valence-electron chi connectivity index (χ3n) is 0.916. The van der Waals surface area contributed by atoms with Crippen molar-refractivity contribution in [1.29, 1.82) is 0 Å². The van der Waals surface area contributed by atoms with Gasteiger partial charge >= 0.3 is 0 Å². The molecule has 0 aromatic rings. The van der Waals surface area contributed by atoms with E-state index < -0.39 is 5.97 Å². The molecule has 0 aliphatic heterocycles. The molecule has 5 nitrogen and oxygen atoms in total. The van der Waals surface area contributed by atoms with E-state index in [9.17, 15) is 0 Å². The molecule has 0 unspecified atom stereocenters. The summed E-state index contributed by atoms with van der Waals surface area (Å²) in [4.78, 5) is 12.7. The van der Waals surface area contributed by atoms with Crippen LogP contribution in [0.5, 0.6) is 0 Å². The van der Waals surface area contributed by atoms with E-state index >= 15 is 0 Å². The van der Waals surface area contributed by atoms with E-state index in [0.29, 0.717) is 10.4 Å². The Hall–Kier alpha value is -1.10. The number of aliphatic imine (C=N–C) groups is 1. The van der Waals surface area contributed by atoms with Crippen LogP contribution in [-0.2, 0) is 4.79 Å². The number of carboxylic acids is 1. The van der Waals surface area contributed by atoms with Gasteiger partial charge in [0.15, 0.2) is 0 Å². The summed E-state index contributed by atoms with van der Waals surface area (Å²) in [7, 11) is 7.62. The number of nitrogens with zero attached hydrogens (tertiary/aromatic N) is 2. The van der Waals surface area contributed by atoms with Gasteiger partial charge in [-0.15, -0.1) is 0 Å². The Morgan fingerprint density at radius 2 is 1.67 bits per heavy atom. The lowest BCUT2D eigenvalue weighted by Crippen LogP contribution is -2.46. The molecule has 0 spiro atoms. The number of aliphatic carboxylic acids is 1. The van der Waals surface area contributed by atoms with Crippen molar-refractivity contribution in [2.45, 2.75) is 6.92 Å². The smallest absolute Gasteiger partial charge is 0.294 e. The van der Waals surface area contributed by atoms with Crippen LogP contribution >= 0.6 is 0 Å². The van der Waals surface area contributed by atoms with Gasteiger partial charge in [0.05, 0.1) is 21.1 Å². The van der Waals surface area contributed by atoms with Crippen LogP contribution in [0.25, 0.3) is 0 Å². The first kappa shape index (κ1) is 13.5. The molecule has 0 saturated heterocycles. The molecule has 12 heavy (non-hydrogen) atoms. The van der Waals surface area contributed by atoms with Crippen LogP contribution < -0.4 is 10.8 Å². The maximum atomic E-state index is 8.89. The summed E-state index contributed by atoms with van der Waals surface area (Å²) >= 11 is 0. The fraction of sp³-hybridized carbons (Fsp3) is 0.714. The van der Waals surface area contributed by atoms with Gasteiger partial charge in [-0.1, -0.05) is 0 Å². The zero-order chi connectivity index (χ0) is 10.4. The number of rotatable bonds is 0. The summed E-state index contributed by atoms with van der Waals surface area (Å²) < 4.78 is 0.608. The number of guanidine groups is 1. The zero-order valence-corrected chi connectivity index (χ0v) is 8.29. The Balaban J connectivity index is 0. The third-order valence-corrected chi connectivity index (χ3v) is 0.916. The normalized spacial score (nSPS) is 11.6. The van der Waals surface area contributed by atoms with Crippen molar-refractivity contribution in [3.05, 3.63) is 0 Å². The van der Waals surface area contributed by atoms with Gasteiger partial charge in [0.1, 0.15) is 0 Å². The Morgan fingerprint density at radius 1 is 1.42 bits per heavy atom. The Labute approximate surface area is 73.1 Å². The molecule has 72 valence electrons. The topological polar surface area (TPSA) is 78.5 Å². The summed E-state index contributed by atoms with van der Waals surface area (Å²) in [5, 5.41) is 8.89. The summed E-state index contributed by atoms with van der Waals surface area (Å²) in [6.07, 6.45) is 0. The van der Waals surface area contributed by atoms with Crippen molar-refractivity contribution in [2.75, 3.05) is 28.2 Å². The Morgan fingerprint density at radius 3 is 1.67 bits per heavy atom. The lowest BCUT2D eigenvalue weighted by Gasteiger charge is -2.20. The van der Waals surface area contributed by atoms with Gasteiger partial charge in [0.2, 0.25) is 0 Å². The van der Waals surface area contributed by atoms with Crippen molar-refractivity contribution < 1.29 is 14.4 Å². The van der Waals surface area contributed by atoms with E-state index in [1.807, 2.05) is 21.1 Å². The van der Waals surface area contributed by atoms with Crippen molar-refractivity contribution in [3.8, 4) is 0 Å². The van der Waals surface area contributed by atoms with Crippen LogP contribution in [-0.4, -0.2) is 44.6 Å². The van der Waals surface area contributed by atoms with Crippen LogP contribution in [0, 0.1) is 0 Å². The average Bonchev–Trinajstić information content (AvgIpc) is 1.82. The highest BCUT2D eigenvalue weighted by Crippen LogP contribution is 1.86. The minimum Gasteiger partial charge on any atom is -0.550 e. The molecule has 0 aliphatic rings. The molecule has 0 rings (SSSR count). The highest BCUT2D eigenvalue weighted by molar-refractivity contribution is 5.70. The second kappa shape index (κ2) is 5.54. The molecule has 0 aliphatic carbocycles. The minimum absolute atomic E-state index is 0.608. The molecule has 0 fully saturated rings. The number of nitrogens with two attached hydrogens (primary N) is 1. The fourth-order valence-corrected chi connectivity index (χ4v) is 0.300. The molecule has 0 amide bonds. The van der Waals surface area contributed by atoms with Gasteiger partial charge in [-0.3, -0.25) is 4.48 Å². The highest BCUT2D eigenvalue weighted by atomic mass is 16.4. The molecule has 0 aromatic carbocycles. The quantitative estimate of drug-likeness (QED) is 0.273. The van der Waals surface area contributed by atoms with Crippen molar-refractivity contribution in [3.63, 3.8) is 0 Å². The van der Waals surface area contributed by atoms with E-state index in [-0.39, 0.29) is 0 Å². The van der Waals surface area contributed by atoms with Gasteiger partial charge in [0, 0.05) is 13.0 Å². The molecular weight excluding hydrogens is 158 g/mol. The van der Waals surface area contributed by atoms with E-state index in [1.165, 1.54) is 0 Å². The van der Waals surface area contributed by atoms with Crippen molar-refractivity contribution >= 4 is 11.9 Å². The van der Waals surface area contributed by atoms with Gasteiger partial charge < -0.3 is 15.6 Å². The molecule has 5 heteroatoms. The molecular formula is C7H17N3O2. The Kier molecular flexibility index (Phi) is 6.22. The maximum absolute atomic E-state index is 8.89. The standard InChI is InChI=1S/C5H14N3.C2H4O2/c1-7-5(6)8(2,3)4;1-2(3)4/h1-4H3,(H2,6,7);1H3,(H,3,4)/q+1;/p-1. The molecule has 0 saturated carbocycles. The summed E-state index contributed by atoms with van der Waals surface area (Å²) in [5.74, 6) is -0.440. The van der Waals surface area contributed by atoms with E-state index in [0.717, 1.165) is 6.92 Å². The second-order valence-electron chi connectivity index (χ2n) is 3.09. The number of quaternary nitrogens is 1. The van der Waals surface area contributed by atoms with Crippen LogP contribution in [0.4, 0.5) is 0 Å². The average molecular weight is 175 g/mol. The van der Waals surface area contributed by atoms with E-state index in [4.69, 9.17) is 15.6 Å². The molecule has 0 radical (unpaired) electrons. The summed E-state index contributed by atoms with van der Waals surface area (Å²) in [5.41, 5.74) is 5.47. The van der Waals surface area contributed by atoms with Gasteiger partial charge in [-0.2, -0.15) is 0 Å². The zero-order valence-electron chi connectivity index (χ0n) is 8.29. The van der Waals surface area contributed by atoms with Crippen LogP contribution in [0.1, 0.15) is 6.92 Å².